The molecule has 86 valence electrons. The third-order valence-corrected chi connectivity index (χ3v) is 2.70. The minimum Gasteiger partial charge on any atom is -0.378 e. The summed E-state index contributed by atoms with van der Waals surface area (Å²) in [7, 11) is 0. The predicted octanol–water partition coefficient (Wildman–Crippen LogP) is 2.48. The van der Waals surface area contributed by atoms with Crippen LogP contribution in [0.4, 0.5) is 4.39 Å². The second kappa shape index (κ2) is 5.43. The van der Waals surface area contributed by atoms with E-state index in [1.807, 2.05) is 12.2 Å². The van der Waals surface area contributed by atoms with Crippen molar-refractivity contribution < 1.29 is 9.13 Å². The molecule has 1 heterocycles. The van der Waals surface area contributed by atoms with Gasteiger partial charge in [-0.2, -0.15) is 0 Å². The van der Waals surface area contributed by atoms with E-state index in [1.165, 1.54) is 6.07 Å². The van der Waals surface area contributed by atoms with Gasteiger partial charge in [0.2, 0.25) is 0 Å². The maximum absolute atomic E-state index is 12.9. The SMILES string of the molecule is Fc1ccc(/C=C/C2COCCN2)cc1Cl. The lowest BCUT2D eigenvalue weighted by molar-refractivity contribution is 0.0903. The molecule has 0 radical (unpaired) electrons. The highest BCUT2D eigenvalue weighted by atomic mass is 35.5. The Morgan fingerprint density at radius 1 is 1.50 bits per heavy atom. The van der Waals surface area contributed by atoms with Gasteiger partial charge in [0, 0.05) is 12.6 Å². The number of hydrogen-bond acceptors (Lipinski definition) is 2. The molecular weight excluding hydrogens is 229 g/mol. The summed E-state index contributed by atoms with van der Waals surface area (Å²) in [6.07, 6.45) is 3.92. The molecule has 1 aliphatic heterocycles. The minimum atomic E-state index is -0.391. The summed E-state index contributed by atoms with van der Waals surface area (Å²) in [5.41, 5.74) is 0.888. The van der Waals surface area contributed by atoms with E-state index in [2.05, 4.69) is 5.32 Å². The van der Waals surface area contributed by atoms with Gasteiger partial charge in [0.15, 0.2) is 0 Å². The van der Waals surface area contributed by atoms with Crippen LogP contribution in [0.15, 0.2) is 24.3 Å². The first-order chi connectivity index (χ1) is 7.75. The van der Waals surface area contributed by atoms with Gasteiger partial charge >= 0.3 is 0 Å². The summed E-state index contributed by atoms with van der Waals surface area (Å²) < 4.78 is 18.2. The van der Waals surface area contributed by atoms with E-state index in [0.717, 1.165) is 18.7 Å². The van der Waals surface area contributed by atoms with Crippen molar-refractivity contribution in [2.75, 3.05) is 19.8 Å². The van der Waals surface area contributed by atoms with Gasteiger partial charge in [0.1, 0.15) is 5.82 Å². The molecule has 0 spiro atoms. The molecule has 4 heteroatoms. The largest absolute Gasteiger partial charge is 0.378 e. The van der Waals surface area contributed by atoms with Gasteiger partial charge in [0.05, 0.1) is 18.2 Å². The third-order valence-electron chi connectivity index (χ3n) is 2.41. The van der Waals surface area contributed by atoms with Crippen molar-refractivity contribution in [3.05, 3.63) is 40.7 Å². The maximum atomic E-state index is 12.9. The van der Waals surface area contributed by atoms with Crippen molar-refractivity contribution >= 4 is 17.7 Å². The molecule has 1 aromatic rings. The number of halogens is 2. The molecule has 1 saturated heterocycles. The lowest BCUT2D eigenvalue weighted by atomic mass is 10.1. The van der Waals surface area contributed by atoms with Crippen LogP contribution in [0, 0.1) is 5.82 Å². The summed E-state index contributed by atoms with van der Waals surface area (Å²) in [5.74, 6) is -0.391. The molecule has 1 N–H and O–H groups in total. The van der Waals surface area contributed by atoms with Crippen LogP contribution in [-0.4, -0.2) is 25.8 Å². The Bertz CT molecular complexity index is 389. The smallest absolute Gasteiger partial charge is 0.141 e. The molecule has 1 unspecified atom stereocenters. The Morgan fingerprint density at radius 3 is 3.06 bits per heavy atom. The quantitative estimate of drug-likeness (QED) is 0.859. The van der Waals surface area contributed by atoms with Gasteiger partial charge in [-0.15, -0.1) is 0 Å². The average Bonchev–Trinajstić information content (AvgIpc) is 2.32. The van der Waals surface area contributed by atoms with Crippen LogP contribution in [0.1, 0.15) is 5.56 Å². The Kier molecular flexibility index (Phi) is 3.93. The molecule has 2 nitrogen and oxygen atoms in total. The van der Waals surface area contributed by atoms with Gasteiger partial charge in [0.25, 0.3) is 0 Å². The molecule has 1 atom stereocenters. The number of nitrogens with one attached hydrogen (secondary N) is 1. The molecule has 0 amide bonds. The number of hydrogen-bond donors (Lipinski definition) is 1. The van der Waals surface area contributed by atoms with Crippen molar-refractivity contribution in [3.63, 3.8) is 0 Å². The van der Waals surface area contributed by atoms with Crippen LogP contribution < -0.4 is 5.32 Å². The summed E-state index contributed by atoms with van der Waals surface area (Å²) in [5, 5.41) is 3.44. The van der Waals surface area contributed by atoms with E-state index in [-0.39, 0.29) is 11.1 Å². The number of benzene rings is 1. The Hall–Kier alpha value is -0.900. The summed E-state index contributed by atoms with van der Waals surface area (Å²) in [6.45, 7) is 2.29. The first-order valence-corrected chi connectivity index (χ1v) is 5.58. The predicted molar refractivity (Wildman–Crippen MR) is 63.1 cm³/mol. The molecule has 1 fully saturated rings. The number of rotatable bonds is 2. The molecule has 0 saturated carbocycles. The van der Waals surface area contributed by atoms with Gasteiger partial charge in [-0.3, -0.25) is 0 Å². The van der Waals surface area contributed by atoms with Gasteiger partial charge in [-0.1, -0.05) is 29.8 Å². The zero-order valence-corrected chi connectivity index (χ0v) is 9.51. The van der Waals surface area contributed by atoms with Gasteiger partial charge in [-0.25, -0.2) is 4.39 Å². The minimum absolute atomic E-state index is 0.148. The average molecular weight is 242 g/mol. The van der Waals surface area contributed by atoms with Crippen molar-refractivity contribution in [2.24, 2.45) is 0 Å². The summed E-state index contributed by atoms with van der Waals surface area (Å²) >= 11 is 5.69. The number of ether oxygens (including phenoxy) is 1. The second-order valence-electron chi connectivity index (χ2n) is 3.67. The normalized spacial score (nSPS) is 21.5. The van der Waals surface area contributed by atoms with Crippen LogP contribution >= 0.6 is 11.6 Å². The fourth-order valence-corrected chi connectivity index (χ4v) is 1.74. The molecule has 0 aromatic heterocycles. The fourth-order valence-electron chi connectivity index (χ4n) is 1.55. The van der Waals surface area contributed by atoms with Crippen molar-refractivity contribution in [2.45, 2.75) is 6.04 Å². The zero-order chi connectivity index (χ0) is 11.4. The van der Waals surface area contributed by atoms with E-state index >= 15 is 0 Å². The van der Waals surface area contributed by atoms with Crippen molar-refractivity contribution in [1.82, 2.24) is 5.32 Å². The third kappa shape index (κ3) is 3.04. The second-order valence-corrected chi connectivity index (χ2v) is 4.08. The summed E-state index contributed by atoms with van der Waals surface area (Å²) in [6, 6.07) is 4.89. The van der Waals surface area contributed by atoms with E-state index < -0.39 is 5.82 Å². The highest BCUT2D eigenvalue weighted by Gasteiger charge is 2.08. The molecular formula is C12H13ClFNO. The molecule has 2 rings (SSSR count). The van der Waals surface area contributed by atoms with E-state index in [0.29, 0.717) is 6.61 Å². The Morgan fingerprint density at radius 2 is 2.38 bits per heavy atom. The lowest BCUT2D eigenvalue weighted by Gasteiger charge is -2.20. The van der Waals surface area contributed by atoms with Crippen LogP contribution in [0.5, 0.6) is 0 Å². The van der Waals surface area contributed by atoms with Crippen molar-refractivity contribution in [3.8, 4) is 0 Å². The topological polar surface area (TPSA) is 21.3 Å². The Balaban J connectivity index is 2.02. The summed E-state index contributed by atoms with van der Waals surface area (Å²) in [4.78, 5) is 0. The van der Waals surface area contributed by atoms with Crippen LogP contribution in [0.3, 0.4) is 0 Å². The first-order valence-electron chi connectivity index (χ1n) is 5.20. The van der Waals surface area contributed by atoms with Crippen molar-refractivity contribution in [1.29, 1.82) is 0 Å². The number of morpholine rings is 1. The van der Waals surface area contributed by atoms with Gasteiger partial charge < -0.3 is 10.1 Å². The molecule has 0 aliphatic carbocycles. The molecule has 0 bridgehead atoms. The first kappa shape index (κ1) is 11.6. The highest BCUT2D eigenvalue weighted by molar-refractivity contribution is 6.30. The zero-order valence-electron chi connectivity index (χ0n) is 8.75. The lowest BCUT2D eigenvalue weighted by Crippen LogP contribution is -2.39. The van der Waals surface area contributed by atoms with E-state index in [1.54, 1.807) is 12.1 Å². The standard InChI is InChI=1S/C12H13ClFNO/c13-11-7-9(2-4-12(11)14)1-3-10-8-16-6-5-15-10/h1-4,7,10,15H,5-6,8H2/b3-1+. The van der Waals surface area contributed by atoms with E-state index in [4.69, 9.17) is 16.3 Å². The van der Waals surface area contributed by atoms with Crippen LogP contribution in [0.2, 0.25) is 5.02 Å². The monoisotopic (exact) mass is 241 g/mol. The Labute approximate surface area is 99.1 Å². The van der Waals surface area contributed by atoms with Crippen LogP contribution in [0.25, 0.3) is 6.08 Å². The molecule has 1 aliphatic rings. The van der Waals surface area contributed by atoms with Crippen LogP contribution in [-0.2, 0) is 4.74 Å². The van der Waals surface area contributed by atoms with Gasteiger partial charge in [-0.05, 0) is 17.7 Å². The highest BCUT2D eigenvalue weighted by Crippen LogP contribution is 2.17. The molecule has 16 heavy (non-hydrogen) atoms. The molecule has 1 aromatic carbocycles. The van der Waals surface area contributed by atoms with E-state index in [9.17, 15) is 4.39 Å². The fraction of sp³-hybridized carbons (Fsp3) is 0.333. The maximum Gasteiger partial charge on any atom is 0.141 e.